The van der Waals surface area contributed by atoms with Crippen LogP contribution in [0.4, 0.5) is 0 Å². The molecule has 0 aliphatic carbocycles. The van der Waals surface area contributed by atoms with E-state index in [1.54, 1.807) is 0 Å². The number of carbonyl (C=O) groups is 1. The van der Waals surface area contributed by atoms with E-state index in [1.165, 1.54) is 13.8 Å². The molecule has 0 heterocycles. The van der Waals surface area contributed by atoms with E-state index in [9.17, 15) is 4.79 Å². The monoisotopic (exact) mass is 148 g/mol. The third-order valence-electron chi connectivity index (χ3n) is 0.835. The lowest BCUT2D eigenvalue weighted by molar-refractivity contribution is -0.192. The molecule has 0 fully saturated rings. The minimum Gasteiger partial charge on any atom is -0.391 e. The third-order valence-corrected chi connectivity index (χ3v) is 0.835. The van der Waals surface area contributed by atoms with Crippen LogP contribution in [-0.2, 0) is 9.53 Å². The third kappa shape index (κ3) is 4.43. The van der Waals surface area contributed by atoms with Crippen molar-refractivity contribution < 1.29 is 19.7 Å². The van der Waals surface area contributed by atoms with Crippen LogP contribution in [-0.4, -0.2) is 35.0 Å². The summed E-state index contributed by atoms with van der Waals surface area (Å²) in [4.78, 5) is 9.98. The zero-order valence-corrected chi connectivity index (χ0v) is 6.07. The van der Waals surface area contributed by atoms with Gasteiger partial charge in [0, 0.05) is 0 Å². The molecule has 60 valence electrons. The molecule has 0 aromatic carbocycles. The van der Waals surface area contributed by atoms with Gasteiger partial charge in [-0.25, -0.2) is 0 Å². The van der Waals surface area contributed by atoms with Crippen LogP contribution in [0.3, 0.4) is 0 Å². The molecule has 4 heteroatoms. The Kier molecular flexibility index (Phi) is 3.49. The maximum absolute atomic E-state index is 9.98. The molecule has 0 rings (SSSR count). The first-order valence-corrected chi connectivity index (χ1v) is 2.98. The highest BCUT2D eigenvalue weighted by molar-refractivity contribution is 5.58. The molecule has 2 unspecified atom stereocenters. The molecule has 0 bridgehead atoms. The topological polar surface area (TPSA) is 66.8 Å². The van der Waals surface area contributed by atoms with E-state index >= 15 is 0 Å². The van der Waals surface area contributed by atoms with Gasteiger partial charge in [0.25, 0.3) is 0 Å². The summed E-state index contributed by atoms with van der Waals surface area (Å²) in [5, 5.41) is 17.5. The van der Waals surface area contributed by atoms with Crippen LogP contribution >= 0.6 is 0 Å². The molecule has 0 aliphatic rings. The van der Waals surface area contributed by atoms with Gasteiger partial charge in [-0.05, 0) is 13.8 Å². The molecule has 0 aromatic rings. The first-order valence-electron chi connectivity index (χ1n) is 2.98. The van der Waals surface area contributed by atoms with Gasteiger partial charge in [0.2, 0.25) is 5.79 Å². The molecule has 0 aliphatic heterocycles. The number of rotatable bonds is 4. The van der Waals surface area contributed by atoms with Crippen molar-refractivity contribution in [1.82, 2.24) is 0 Å². The summed E-state index contributed by atoms with van der Waals surface area (Å²) in [6.07, 6.45) is -0.401. The Bertz CT molecular complexity index is 108. The van der Waals surface area contributed by atoms with Gasteiger partial charge in [-0.15, -0.1) is 0 Å². The van der Waals surface area contributed by atoms with Crippen molar-refractivity contribution in [3.63, 3.8) is 0 Å². The van der Waals surface area contributed by atoms with Crippen molar-refractivity contribution in [2.24, 2.45) is 0 Å². The summed E-state index contributed by atoms with van der Waals surface area (Å²) in [7, 11) is 0. The van der Waals surface area contributed by atoms with Gasteiger partial charge < -0.3 is 14.9 Å². The molecule has 2 N–H and O–H groups in total. The van der Waals surface area contributed by atoms with Crippen LogP contribution in [0.25, 0.3) is 0 Å². The second-order valence-electron chi connectivity index (χ2n) is 2.33. The van der Waals surface area contributed by atoms with Gasteiger partial charge in [-0.3, -0.25) is 4.79 Å². The summed E-state index contributed by atoms with van der Waals surface area (Å²) in [6, 6.07) is 0. The Labute approximate surface area is 59.4 Å². The Morgan fingerprint density at radius 3 is 2.60 bits per heavy atom. The van der Waals surface area contributed by atoms with Crippen LogP contribution in [0.5, 0.6) is 0 Å². The summed E-state index contributed by atoms with van der Waals surface area (Å²) >= 11 is 0. The number of hydrogen-bond donors (Lipinski definition) is 2. The fourth-order valence-corrected chi connectivity index (χ4v) is 0.323. The predicted octanol–water partition coefficient (Wildman–Crippen LogP) is -0.709. The highest BCUT2D eigenvalue weighted by Gasteiger charge is 2.19. The fourth-order valence-electron chi connectivity index (χ4n) is 0.323. The Hall–Kier alpha value is -0.450. The van der Waals surface area contributed by atoms with E-state index < -0.39 is 11.9 Å². The lowest BCUT2D eigenvalue weighted by Crippen LogP contribution is -2.32. The maximum Gasteiger partial charge on any atom is 0.220 e. The molecule has 0 saturated heterocycles. The average Bonchev–Trinajstić information content (AvgIpc) is 1.85. The van der Waals surface area contributed by atoms with Crippen LogP contribution < -0.4 is 0 Å². The van der Waals surface area contributed by atoms with Crippen LogP contribution in [0.15, 0.2) is 0 Å². The molecule has 0 radical (unpaired) electrons. The number of aldehydes is 1. The zero-order valence-electron chi connectivity index (χ0n) is 6.07. The molecule has 4 nitrogen and oxygen atoms in total. The van der Waals surface area contributed by atoms with Gasteiger partial charge in [0.1, 0.15) is 0 Å². The largest absolute Gasteiger partial charge is 0.391 e. The lowest BCUT2D eigenvalue weighted by atomic mass is 10.3. The molecule has 0 saturated carbocycles. The quantitative estimate of drug-likeness (QED) is 0.408. The molecule has 0 aromatic heterocycles. The van der Waals surface area contributed by atoms with Gasteiger partial charge in [-0.1, -0.05) is 0 Å². The summed E-state index contributed by atoms with van der Waals surface area (Å²) in [6.45, 7) is 2.66. The molecular formula is C6H12O4. The average molecular weight is 148 g/mol. The van der Waals surface area contributed by atoms with E-state index in [1.807, 2.05) is 0 Å². The van der Waals surface area contributed by atoms with Crippen LogP contribution in [0.2, 0.25) is 0 Å². The number of carbonyl (C=O) groups excluding carboxylic acids is 1. The lowest BCUT2D eigenvalue weighted by Gasteiger charge is -2.17. The number of hydrogen-bond acceptors (Lipinski definition) is 4. The van der Waals surface area contributed by atoms with Crippen molar-refractivity contribution in [2.45, 2.75) is 25.7 Å². The molecule has 0 amide bonds. The van der Waals surface area contributed by atoms with E-state index in [0.29, 0.717) is 0 Å². The maximum atomic E-state index is 9.98. The minimum absolute atomic E-state index is 0.0499. The first kappa shape index (κ1) is 9.55. The van der Waals surface area contributed by atoms with Crippen molar-refractivity contribution in [1.29, 1.82) is 0 Å². The Morgan fingerprint density at radius 1 is 1.80 bits per heavy atom. The van der Waals surface area contributed by atoms with Gasteiger partial charge in [0.15, 0.2) is 6.29 Å². The number of aliphatic hydroxyl groups is 2. The van der Waals surface area contributed by atoms with Gasteiger partial charge >= 0.3 is 0 Å². The number of aliphatic hydroxyl groups excluding tert-OH is 1. The van der Waals surface area contributed by atoms with Crippen LogP contribution in [0, 0.1) is 0 Å². The normalized spacial score (nSPS) is 19.6. The number of ether oxygens (including phenoxy) is 1. The summed E-state index contributed by atoms with van der Waals surface area (Å²) in [5.41, 5.74) is 0. The Balaban J connectivity index is 3.56. The molecule has 2 atom stereocenters. The van der Waals surface area contributed by atoms with E-state index in [-0.39, 0.29) is 12.9 Å². The SMILES string of the molecule is CC(O)COC(C)(O)C=O. The van der Waals surface area contributed by atoms with E-state index in [2.05, 4.69) is 4.74 Å². The highest BCUT2D eigenvalue weighted by atomic mass is 16.6. The van der Waals surface area contributed by atoms with Crippen molar-refractivity contribution in [2.75, 3.05) is 6.61 Å². The second-order valence-corrected chi connectivity index (χ2v) is 2.33. The molecule has 10 heavy (non-hydrogen) atoms. The zero-order chi connectivity index (χ0) is 8.20. The predicted molar refractivity (Wildman–Crippen MR) is 34.3 cm³/mol. The summed E-state index contributed by atoms with van der Waals surface area (Å²) < 4.78 is 4.58. The van der Waals surface area contributed by atoms with Crippen molar-refractivity contribution in [3.8, 4) is 0 Å². The molecular weight excluding hydrogens is 136 g/mol. The van der Waals surface area contributed by atoms with E-state index in [4.69, 9.17) is 10.2 Å². The van der Waals surface area contributed by atoms with E-state index in [0.717, 1.165) is 0 Å². The van der Waals surface area contributed by atoms with Crippen LogP contribution in [0.1, 0.15) is 13.8 Å². The molecule has 0 spiro atoms. The van der Waals surface area contributed by atoms with Gasteiger partial charge in [0.05, 0.1) is 12.7 Å². The fraction of sp³-hybridized carbons (Fsp3) is 0.833. The highest BCUT2D eigenvalue weighted by Crippen LogP contribution is 2.00. The second kappa shape index (κ2) is 3.65. The first-order chi connectivity index (χ1) is 4.48. The van der Waals surface area contributed by atoms with Crippen molar-refractivity contribution in [3.05, 3.63) is 0 Å². The standard InChI is InChI=1S/C6H12O4/c1-5(8)3-10-6(2,9)4-7/h4-5,8-9H,3H2,1-2H3. The van der Waals surface area contributed by atoms with Gasteiger partial charge in [-0.2, -0.15) is 0 Å². The minimum atomic E-state index is -1.77. The summed E-state index contributed by atoms with van der Waals surface area (Å²) in [5.74, 6) is -1.77. The smallest absolute Gasteiger partial charge is 0.220 e. The Morgan fingerprint density at radius 2 is 2.30 bits per heavy atom. The van der Waals surface area contributed by atoms with Crippen molar-refractivity contribution >= 4 is 6.29 Å².